The van der Waals surface area contributed by atoms with Crippen LogP contribution >= 0.6 is 0 Å². The Morgan fingerprint density at radius 3 is 2.27 bits per heavy atom. The third-order valence-electron chi connectivity index (χ3n) is 5.07. The zero-order chi connectivity index (χ0) is 17.5. The summed E-state index contributed by atoms with van der Waals surface area (Å²) in [5, 5.41) is 8.72. The van der Waals surface area contributed by atoms with Gasteiger partial charge >= 0.3 is 0 Å². The van der Waals surface area contributed by atoms with E-state index in [-0.39, 0.29) is 0 Å². The lowest BCUT2D eigenvalue weighted by Crippen LogP contribution is -2.47. The Bertz CT molecular complexity index is 1060. The van der Waals surface area contributed by atoms with E-state index in [1.807, 2.05) is 19.1 Å². The van der Waals surface area contributed by atoms with Crippen molar-refractivity contribution in [3.63, 3.8) is 0 Å². The fourth-order valence-corrected chi connectivity index (χ4v) is 3.73. The summed E-state index contributed by atoms with van der Waals surface area (Å²) < 4.78 is 2.11. The van der Waals surface area contributed by atoms with E-state index in [1.165, 1.54) is 5.69 Å². The molecule has 1 saturated heterocycles. The molecule has 0 bridgehead atoms. The highest BCUT2D eigenvalue weighted by Gasteiger charge is 2.22. The second-order valence-corrected chi connectivity index (χ2v) is 6.64. The van der Waals surface area contributed by atoms with Crippen molar-refractivity contribution in [3.05, 3.63) is 60.4 Å². The second-order valence-electron chi connectivity index (χ2n) is 6.64. The van der Waals surface area contributed by atoms with Crippen LogP contribution < -0.4 is 9.80 Å². The molecule has 130 valence electrons. The molecule has 1 aliphatic heterocycles. The number of anilines is 2. The first-order valence-corrected chi connectivity index (χ1v) is 8.97. The van der Waals surface area contributed by atoms with Crippen molar-refractivity contribution in [3.8, 4) is 0 Å². The van der Waals surface area contributed by atoms with E-state index < -0.39 is 0 Å². The molecule has 0 amide bonds. The van der Waals surface area contributed by atoms with Gasteiger partial charge in [0.25, 0.3) is 0 Å². The molecule has 5 rings (SSSR count). The van der Waals surface area contributed by atoms with Crippen LogP contribution in [0.15, 0.2) is 54.6 Å². The molecule has 26 heavy (non-hydrogen) atoms. The molecule has 6 nitrogen and oxygen atoms in total. The van der Waals surface area contributed by atoms with Gasteiger partial charge in [-0.25, -0.2) is 4.98 Å². The maximum atomic E-state index is 4.92. The Kier molecular flexibility index (Phi) is 3.48. The average molecular weight is 344 g/mol. The molecule has 0 spiro atoms. The van der Waals surface area contributed by atoms with Gasteiger partial charge in [0.1, 0.15) is 5.82 Å². The lowest BCUT2D eigenvalue weighted by atomic mass is 10.2. The van der Waals surface area contributed by atoms with Crippen molar-refractivity contribution >= 4 is 28.2 Å². The first-order chi connectivity index (χ1) is 12.8. The Balaban J connectivity index is 1.51. The lowest BCUT2D eigenvalue weighted by Gasteiger charge is -2.36. The van der Waals surface area contributed by atoms with Crippen molar-refractivity contribution in [2.24, 2.45) is 0 Å². The van der Waals surface area contributed by atoms with Gasteiger partial charge in [-0.15, -0.1) is 10.2 Å². The van der Waals surface area contributed by atoms with Crippen molar-refractivity contribution < 1.29 is 0 Å². The van der Waals surface area contributed by atoms with Crippen LogP contribution in [0.4, 0.5) is 11.5 Å². The zero-order valence-electron chi connectivity index (χ0n) is 14.7. The first-order valence-electron chi connectivity index (χ1n) is 8.97. The van der Waals surface area contributed by atoms with Crippen LogP contribution in [0.2, 0.25) is 0 Å². The number of benzene rings is 2. The Labute approximate surface area is 151 Å². The zero-order valence-corrected chi connectivity index (χ0v) is 14.7. The third kappa shape index (κ3) is 2.37. The molecule has 0 radical (unpaired) electrons. The summed E-state index contributed by atoms with van der Waals surface area (Å²) in [6, 6.07) is 18.8. The average Bonchev–Trinajstić information content (AvgIpc) is 3.10. The SMILES string of the molecule is Cc1nnc2c(N3CCN(c4ccccc4)CC3)nc3ccccc3n12. The van der Waals surface area contributed by atoms with E-state index in [9.17, 15) is 0 Å². The number of aryl methyl sites for hydroxylation is 1. The number of fused-ring (bicyclic) bond motifs is 3. The quantitative estimate of drug-likeness (QED) is 0.560. The molecule has 0 N–H and O–H groups in total. The predicted octanol–water partition coefficient (Wildman–Crippen LogP) is 2.91. The summed E-state index contributed by atoms with van der Waals surface area (Å²) in [4.78, 5) is 9.67. The number of rotatable bonds is 2. The summed E-state index contributed by atoms with van der Waals surface area (Å²) >= 11 is 0. The summed E-state index contributed by atoms with van der Waals surface area (Å²) in [6.45, 7) is 5.77. The van der Waals surface area contributed by atoms with Crippen molar-refractivity contribution in [2.75, 3.05) is 36.0 Å². The van der Waals surface area contributed by atoms with E-state index >= 15 is 0 Å². The molecule has 0 aliphatic carbocycles. The molecular weight excluding hydrogens is 324 g/mol. The minimum atomic E-state index is 0.842. The maximum absolute atomic E-state index is 4.92. The molecule has 0 saturated carbocycles. The number of hydrogen-bond donors (Lipinski definition) is 0. The van der Waals surface area contributed by atoms with Gasteiger partial charge in [-0.05, 0) is 31.2 Å². The smallest absolute Gasteiger partial charge is 0.204 e. The van der Waals surface area contributed by atoms with Crippen LogP contribution in [0.25, 0.3) is 16.7 Å². The van der Waals surface area contributed by atoms with Crippen LogP contribution in [0.1, 0.15) is 5.82 Å². The first kappa shape index (κ1) is 15.1. The van der Waals surface area contributed by atoms with E-state index in [1.54, 1.807) is 0 Å². The van der Waals surface area contributed by atoms with Crippen molar-refractivity contribution in [1.82, 2.24) is 19.6 Å². The summed E-state index contributed by atoms with van der Waals surface area (Å²) in [7, 11) is 0. The van der Waals surface area contributed by atoms with Gasteiger partial charge in [0.2, 0.25) is 5.65 Å². The lowest BCUT2D eigenvalue weighted by molar-refractivity contribution is 0.648. The van der Waals surface area contributed by atoms with Gasteiger partial charge in [-0.1, -0.05) is 30.3 Å². The number of para-hydroxylation sites is 3. The summed E-state index contributed by atoms with van der Waals surface area (Å²) in [5.41, 5.74) is 4.15. The van der Waals surface area contributed by atoms with Crippen molar-refractivity contribution in [1.29, 1.82) is 0 Å². The van der Waals surface area contributed by atoms with E-state index in [0.29, 0.717) is 0 Å². The van der Waals surface area contributed by atoms with Crippen molar-refractivity contribution in [2.45, 2.75) is 6.92 Å². The summed E-state index contributed by atoms with van der Waals surface area (Å²) in [5.74, 6) is 1.82. The fourth-order valence-electron chi connectivity index (χ4n) is 3.73. The van der Waals surface area contributed by atoms with Gasteiger partial charge in [0.05, 0.1) is 11.0 Å². The van der Waals surface area contributed by atoms with Crippen LogP contribution in [-0.2, 0) is 0 Å². The highest BCUT2D eigenvalue weighted by Crippen LogP contribution is 2.26. The monoisotopic (exact) mass is 344 g/mol. The Morgan fingerprint density at radius 1 is 0.769 bits per heavy atom. The third-order valence-corrected chi connectivity index (χ3v) is 5.07. The van der Waals surface area contributed by atoms with Crippen LogP contribution in [-0.4, -0.2) is 45.8 Å². The predicted molar refractivity (Wildman–Crippen MR) is 104 cm³/mol. The van der Waals surface area contributed by atoms with Gasteiger partial charge < -0.3 is 9.80 Å². The highest BCUT2D eigenvalue weighted by molar-refractivity contribution is 5.83. The molecule has 6 heteroatoms. The topological polar surface area (TPSA) is 49.6 Å². The molecule has 2 aromatic carbocycles. The normalized spacial score (nSPS) is 15.1. The molecule has 4 aromatic rings. The van der Waals surface area contributed by atoms with Gasteiger partial charge in [0.15, 0.2) is 5.82 Å². The van der Waals surface area contributed by atoms with E-state index in [2.05, 4.69) is 66.9 Å². The molecule has 1 aliphatic rings. The van der Waals surface area contributed by atoms with Crippen LogP contribution in [0.5, 0.6) is 0 Å². The van der Waals surface area contributed by atoms with Crippen LogP contribution in [0.3, 0.4) is 0 Å². The minimum absolute atomic E-state index is 0.842. The van der Waals surface area contributed by atoms with Gasteiger partial charge in [-0.3, -0.25) is 4.40 Å². The Morgan fingerprint density at radius 2 is 1.46 bits per heavy atom. The fraction of sp³-hybridized carbons (Fsp3) is 0.250. The largest absolute Gasteiger partial charge is 0.368 e. The number of aromatic nitrogens is 4. The molecular formula is C20H20N6. The molecule has 0 unspecified atom stereocenters. The Hall–Kier alpha value is -3.15. The standard InChI is InChI=1S/C20H20N6/c1-15-22-23-20-19(21-17-9-5-6-10-18(17)26(15)20)25-13-11-24(12-14-25)16-7-3-2-4-8-16/h2-10H,11-14H2,1H3. The van der Waals surface area contributed by atoms with E-state index in [4.69, 9.17) is 4.98 Å². The molecule has 1 fully saturated rings. The van der Waals surface area contributed by atoms with E-state index in [0.717, 1.165) is 54.5 Å². The molecule has 3 heterocycles. The molecule has 0 atom stereocenters. The van der Waals surface area contributed by atoms with Gasteiger partial charge in [-0.2, -0.15) is 0 Å². The summed E-state index contributed by atoms with van der Waals surface area (Å²) in [6.07, 6.45) is 0. The number of piperazine rings is 1. The van der Waals surface area contributed by atoms with Gasteiger partial charge in [0, 0.05) is 31.9 Å². The maximum Gasteiger partial charge on any atom is 0.204 e. The number of nitrogens with zero attached hydrogens (tertiary/aromatic N) is 6. The second kappa shape index (κ2) is 5.98. The highest BCUT2D eigenvalue weighted by atomic mass is 15.3. The van der Waals surface area contributed by atoms with Crippen LogP contribution in [0, 0.1) is 6.92 Å². The number of hydrogen-bond acceptors (Lipinski definition) is 5. The minimum Gasteiger partial charge on any atom is -0.368 e. The molecule has 2 aromatic heterocycles.